The van der Waals surface area contributed by atoms with Crippen LogP contribution in [-0.2, 0) is 0 Å². The molecule has 0 aliphatic carbocycles. The van der Waals surface area contributed by atoms with E-state index in [1.807, 2.05) is 0 Å². The Bertz CT molecular complexity index is 159. The lowest BCUT2D eigenvalue weighted by Crippen LogP contribution is -2.22. The lowest BCUT2D eigenvalue weighted by molar-refractivity contribution is 0.197. The number of hydrogen-bond donors (Lipinski definition) is 0. The number of rotatable bonds is 8. The van der Waals surface area contributed by atoms with Crippen molar-refractivity contribution in [3.05, 3.63) is 0 Å². The van der Waals surface area contributed by atoms with E-state index in [0.717, 1.165) is 29.6 Å². The molecule has 0 amide bonds. The second kappa shape index (κ2) is 8.14. The van der Waals surface area contributed by atoms with Crippen molar-refractivity contribution in [1.82, 2.24) is 0 Å². The normalized spacial score (nSPS) is 19.5. The van der Waals surface area contributed by atoms with Crippen LogP contribution in [0.1, 0.15) is 74.1 Å². The quantitative estimate of drug-likeness (QED) is 0.493. The Hall–Kier alpha value is 0. The summed E-state index contributed by atoms with van der Waals surface area (Å²) in [5, 5.41) is 0. The van der Waals surface area contributed by atoms with Crippen LogP contribution in [-0.4, -0.2) is 0 Å². The minimum Gasteiger partial charge on any atom is -0.0651 e. The predicted octanol–water partition coefficient (Wildman–Crippen LogP) is 5.77. The highest BCUT2D eigenvalue weighted by Crippen LogP contribution is 2.31. The third-order valence-corrected chi connectivity index (χ3v) is 4.71. The van der Waals surface area contributed by atoms with Gasteiger partial charge in [-0.15, -0.1) is 0 Å². The predicted molar refractivity (Wildman–Crippen MR) is 75.6 cm³/mol. The van der Waals surface area contributed by atoms with Crippen molar-refractivity contribution in [2.45, 2.75) is 74.1 Å². The lowest BCUT2D eigenvalue weighted by Gasteiger charge is -2.30. The van der Waals surface area contributed by atoms with Gasteiger partial charge in [-0.3, -0.25) is 0 Å². The summed E-state index contributed by atoms with van der Waals surface area (Å²) < 4.78 is 0. The summed E-state index contributed by atoms with van der Waals surface area (Å²) in [6.07, 6.45) is 5.55. The van der Waals surface area contributed by atoms with Gasteiger partial charge in [-0.25, -0.2) is 0 Å². The Labute approximate surface area is 104 Å². The largest absolute Gasteiger partial charge is 0.0651 e. The van der Waals surface area contributed by atoms with Crippen molar-refractivity contribution in [2.24, 2.45) is 29.6 Å². The van der Waals surface area contributed by atoms with Gasteiger partial charge in [0.2, 0.25) is 0 Å². The molecule has 0 rings (SSSR count). The van der Waals surface area contributed by atoms with E-state index in [1.54, 1.807) is 0 Å². The molecule has 4 unspecified atom stereocenters. The van der Waals surface area contributed by atoms with Crippen molar-refractivity contribution >= 4 is 0 Å². The lowest BCUT2D eigenvalue weighted by atomic mass is 9.76. The molecule has 98 valence electrons. The fourth-order valence-electron chi connectivity index (χ4n) is 2.52. The minimum atomic E-state index is 0.870. The van der Waals surface area contributed by atoms with E-state index in [1.165, 1.54) is 25.7 Å². The van der Waals surface area contributed by atoms with Crippen molar-refractivity contribution < 1.29 is 0 Å². The molecule has 16 heavy (non-hydrogen) atoms. The molecule has 4 atom stereocenters. The first-order chi connectivity index (χ1) is 7.40. The van der Waals surface area contributed by atoms with Crippen molar-refractivity contribution in [1.29, 1.82) is 0 Å². The van der Waals surface area contributed by atoms with E-state index >= 15 is 0 Å². The summed E-state index contributed by atoms with van der Waals surface area (Å²) in [4.78, 5) is 0. The summed E-state index contributed by atoms with van der Waals surface area (Å²) >= 11 is 0. The van der Waals surface area contributed by atoms with E-state index in [0.29, 0.717) is 0 Å². The molecule has 0 N–H and O–H groups in total. The van der Waals surface area contributed by atoms with E-state index < -0.39 is 0 Å². The van der Waals surface area contributed by atoms with Gasteiger partial charge in [-0.2, -0.15) is 0 Å². The van der Waals surface area contributed by atoms with E-state index in [4.69, 9.17) is 0 Å². The zero-order valence-electron chi connectivity index (χ0n) is 12.7. The van der Waals surface area contributed by atoms with Crippen LogP contribution in [0.25, 0.3) is 0 Å². The SMILES string of the molecule is CCC(C)C(C)C(C)C(C)CCCC(C)C. The maximum atomic E-state index is 2.46. The molecule has 0 bridgehead atoms. The smallest absolute Gasteiger partial charge is 0.0389 e. The molecule has 0 nitrogen and oxygen atoms in total. The van der Waals surface area contributed by atoms with Gasteiger partial charge in [0, 0.05) is 0 Å². The monoisotopic (exact) mass is 226 g/mol. The van der Waals surface area contributed by atoms with Gasteiger partial charge >= 0.3 is 0 Å². The van der Waals surface area contributed by atoms with Gasteiger partial charge in [0.25, 0.3) is 0 Å². The Morgan fingerprint density at radius 3 is 1.62 bits per heavy atom. The second-order valence-corrected chi connectivity index (χ2v) is 6.41. The van der Waals surface area contributed by atoms with Crippen molar-refractivity contribution in [2.75, 3.05) is 0 Å². The van der Waals surface area contributed by atoms with E-state index in [-0.39, 0.29) is 0 Å². The van der Waals surface area contributed by atoms with E-state index in [9.17, 15) is 0 Å². The zero-order valence-corrected chi connectivity index (χ0v) is 12.7. The molecule has 0 heterocycles. The highest BCUT2D eigenvalue weighted by atomic mass is 14.3. The minimum absolute atomic E-state index is 0.870. The first-order valence-electron chi connectivity index (χ1n) is 7.40. The van der Waals surface area contributed by atoms with Crippen LogP contribution in [0.5, 0.6) is 0 Å². The Kier molecular flexibility index (Phi) is 8.14. The molecule has 0 aromatic rings. The van der Waals surface area contributed by atoms with Crippen LogP contribution in [0.3, 0.4) is 0 Å². The molecule has 0 saturated heterocycles. The molecule has 0 aliphatic heterocycles. The molecule has 0 heteroatoms. The topological polar surface area (TPSA) is 0 Å². The molecule has 0 saturated carbocycles. The fraction of sp³-hybridized carbons (Fsp3) is 1.00. The molecule has 0 radical (unpaired) electrons. The summed E-state index contributed by atoms with van der Waals surface area (Å²) in [6, 6.07) is 0. The van der Waals surface area contributed by atoms with Crippen molar-refractivity contribution in [3.8, 4) is 0 Å². The van der Waals surface area contributed by atoms with Gasteiger partial charge < -0.3 is 0 Å². The summed E-state index contributed by atoms with van der Waals surface area (Å²) in [5.74, 6) is 4.39. The Morgan fingerprint density at radius 2 is 1.19 bits per heavy atom. The highest BCUT2D eigenvalue weighted by molar-refractivity contribution is 4.72. The van der Waals surface area contributed by atoms with Crippen LogP contribution in [0.2, 0.25) is 0 Å². The fourth-order valence-corrected chi connectivity index (χ4v) is 2.52. The molecular formula is C16H34. The zero-order chi connectivity index (χ0) is 12.7. The maximum Gasteiger partial charge on any atom is -0.0389 e. The van der Waals surface area contributed by atoms with Gasteiger partial charge in [-0.05, 0) is 29.6 Å². The van der Waals surface area contributed by atoms with Gasteiger partial charge in [0.05, 0.1) is 0 Å². The van der Waals surface area contributed by atoms with Gasteiger partial charge in [0.15, 0.2) is 0 Å². The first-order valence-corrected chi connectivity index (χ1v) is 7.40. The molecule has 0 aromatic heterocycles. The first kappa shape index (κ1) is 16.0. The Morgan fingerprint density at radius 1 is 0.688 bits per heavy atom. The molecule has 0 aliphatic rings. The van der Waals surface area contributed by atoms with Crippen LogP contribution in [0, 0.1) is 29.6 Å². The standard InChI is InChI=1S/C16H34/c1-8-13(4)15(6)16(7)14(5)11-9-10-12(2)3/h12-16H,8-11H2,1-7H3. The third kappa shape index (κ3) is 5.92. The average molecular weight is 226 g/mol. The molecule has 0 fully saturated rings. The Balaban J connectivity index is 3.92. The van der Waals surface area contributed by atoms with Crippen LogP contribution < -0.4 is 0 Å². The second-order valence-electron chi connectivity index (χ2n) is 6.41. The summed E-state index contributed by atoms with van der Waals surface area (Å²) in [7, 11) is 0. The van der Waals surface area contributed by atoms with Crippen molar-refractivity contribution in [3.63, 3.8) is 0 Å². The van der Waals surface area contributed by atoms with E-state index in [2.05, 4.69) is 48.5 Å². The molecule has 0 aromatic carbocycles. The maximum absolute atomic E-state index is 2.46. The van der Waals surface area contributed by atoms with Crippen LogP contribution in [0.15, 0.2) is 0 Å². The average Bonchev–Trinajstić information content (AvgIpc) is 2.25. The molecule has 0 spiro atoms. The number of hydrogen-bond acceptors (Lipinski definition) is 0. The van der Waals surface area contributed by atoms with Gasteiger partial charge in [-0.1, -0.05) is 74.1 Å². The summed E-state index contributed by atoms with van der Waals surface area (Å²) in [6.45, 7) is 16.7. The van der Waals surface area contributed by atoms with Crippen LogP contribution in [0.4, 0.5) is 0 Å². The van der Waals surface area contributed by atoms with Gasteiger partial charge in [0.1, 0.15) is 0 Å². The molecular weight excluding hydrogens is 192 g/mol. The van der Waals surface area contributed by atoms with Crippen LogP contribution >= 0.6 is 0 Å². The highest BCUT2D eigenvalue weighted by Gasteiger charge is 2.22. The third-order valence-electron chi connectivity index (χ3n) is 4.71. The summed E-state index contributed by atoms with van der Waals surface area (Å²) in [5.41, 5.74) is 0.